The van der Waals surface area contributed by atoms with E-state index in [1.807, 2.05) is 0 Å². The Morgan fingerprint density at radius 2 is 1.95 bits per heavy atom. The molecule has 20 heavy (non-hydrogen) atoms. The third-order valence-electron chi connectivity index (χ3n) is 3.79. The van der Waals surface area contributed by atoms with Crippen LogP contribution in [0.5, 0.6) is 0 Å². The highest BCUT2D eigenvalue weighted by Gasteiger charge is 2.44. The van der Waals surface area contributed by atoms with Crippen LogP contribution in [0.4, 0.5) is 0 Å². The summed E-state index contributed by atoms with van der Waals surface area (Å²) in [5.41, 5.74) is 2.73. The van der Waals surface area contributed by atoms with E-state index in [9.17, 15) is 4.79 Å². The molecule has 1 aliphatic rings. The molecule has 2 unspecified atom stereocenters. The number of amides is 1. The number of aryl methyl sites for hydroxylation is 1. The third kappa shape index (κ3) is 4.07. The molecule has 3 heteroatoms. The zero-order chi connectivity index (χ0) is 14.8. The first-order chi connectivity index (χ1) is 9.38. The Labute approximate surface area is 122 Å². The molecule has 2 atom stereocenters. The smallest absolute Gasteiger partial charge is 0.223 e. The van der Waals surface area contributed by atoms with Crippen LogP contribution in [0.2, 0.25) is 0 Å². The number of carbonyl (C=O) groups is 1. The van der Waals surface area contributed by atoms with Crippen molar-refractivity contribution in [1.82, 2.24) is 10.6 Å². The van der Waals surface area contributed by atoms with E-state index in [0.29, 0.717) is 12.5 Å². The fraction of sp³-hybridized carbons (Fsp3) is 0.588. The highest BCUT2D eigenvalue weighted by atomic mass is 16.2. The molecule has 1 amide bonds. The Balaban J connectivity index is 1.75. The van der Waals surface area contributed by atoms with E-state index in [1.54, 1.807) is 0 Å². The minimum Gasteiger partial charge on any atom is -0.355 e. The van der Waals surface area contributed by atoms with Crippen molar-refractivity contribution in [3.63, 3.8) is 0 Å². The van der Waals surface area contributed by atoms with E-state index < -0.39 is 0 Å². The Hall–Kier alpha value is -1.35. The van der Waals surface area contributed by atoms with E-state index in [-0.39, 0.29) is 17.4 Å². The molecule has 1 saturated carbocycles. The Morgan fingerprint density at radius 3 is 2.60 bits per heavy atom. The second-order valence-corrected chi connectivity index (χ2v) is 6.77. The molecule has 0 heterocycles. The summed E-state index contributed by atoms with van der Waals surface area (Å²) in [6.07, 6.45) is 0.989. The van der Waals surface area contributed by atoms with Crippen molar-refractivity contribution in [3.05, 3.63) is 35.4 Å². The maximum Gasteiger partial charge on any atom is 0.223 e. The number of hydrogen-bond acceptors (Lipinski definition) is 2. The van der Waals surface area contributed by atoms with Crippen LogP contribution in [0.15, 0.2) is 24.3 Å². The summed E-state index contributed by atoms with van der Waals surface area (Å²) in [6.45, 7) is 10.0. The van der Waals surface area contributed by atoms with Crippen LogP contribution >= 0.6 is 0 Å². The molecule has 1 aromatic carbocycles. The highest BCUT2D eigenvalue weighted by molar-refractivity contribution is 5.83. The fourth-order valence-corrected chi connectivity index (χ4v) is 2.59. The summed E-state index contributed by atoms with van der Waals surface area (Å²) >= 11 is 0. The second kappa shape index (κ2) is 5.96. The second-order valence-electron chi connectivity index (χ2n) is 6.77. The molecule has 0 aromatic heterocycles. The number of nitrogens with one attached hydrogen (secondary N) is 2. The van der Waals surface area contributed by atoms with Gasteiger partial charge in [0.15, 0.2) is 0 Å². The number of benzene rings is 1. The van der Waals surface area contributed by atoms with Gasteiger partial charge in [-0.1, -0.05) is 24.3 Å². The molecule has 0 aliphatic heterocycles. The SMILES string of the molecule is Cc1ccccc1C1CC1C(=O)NCCNC(C)(C)C. The molecule has 0 bridgehead atoms. The largest absolute Gasteiger partial charge is 0.355 e. The van der Waals surface area contributed by atoms with Crippen molar-refractivity contribution in [2.45, 2.75) is 45.6 Å². The van der Waals surface area contributed by atoms with Gasteiger partial charge in [0.2, 0.25) is 5.91 Å². The van der Waals surface area contributed by atoms with Crippen molar-refractivity contribution in [2.75, 3.05) is 13.1 Å². The van der Waals surface area contributed by atoms with Gasteiger partial charge in [0.05, 0.1) is 0 Å². The standard InChI is InChI=1S/C17H26N2O/c1-12-7-5-6-8-13(12)14-11-15(14)16(20)18-9-10-19-17(2,3)4/h5-8,14-15,19H,9-11H2,1-4H3,(H,18,20). The lowest BCUT2D eigenvalue weighted by atomic mass is 10.0. The molecule has 0 radical (unpaired) electrons. The lowest BCUT2D eigenvalue weighted by Crippen LogP contribution is -2.41. The van der Waals surface area contributed by atoms with Gasteiger partial charge in [-0.3, -0.25) is 4.79 Å². The van der Waals surface area contributed by atoms with E-state index in [0.717, 1.165) is 13.0 Å². The predicted octanol–water partition coefficient (Wildman–Crippen LogP) is 2.60. The van der Waals surface area contributed by atoms with Gasteiger partial charge in [-0.05, 0) is 51.2 Å². The summed E-state index contributed by atoms with van der Waals surface area (Å²) in [7, 11) is 0. The van der Waals surface area contributed by atoms with Gasteiger partial charge in [-0.25, -0.2) is 0 Å². The van der Waals surface area contributed by atoms with Gasteiger partial charge in [-0.15, -0.1) is 0 Å². The van der Waals surface area contributed by atoms with Crippen molar-refractivity contribution in [3.8, 4) is 0 Å². The third-order valence-corrected chi connectivity index (χ3v) is 3.79. The van der Waals surface area contributed by atoms with E-state index in [1.165, 1.54) is 11.1 Å². The minimum absolute atomic E-state index is 0.105. The fourth-order valence-electron chi connectivity index (χ4n) is 2.59. The van der Waals surface area contributed by atoms with Crippen LogP contribution in [0.3, 0.4) is 0 Å². The van der Waals surface area contributed by atoms with Crippen LogP contribution in [0.25, 0.3) is 0 Å². The van der Waals surface area contributed by atoms with Gasteiger partial charge < -0.3 is 10.6 Å². The van der Waals surface area contributed by atoms with Crippen LogP contribution < -0.4 is 10.6 Å². The molecule has 110 valence electrons. The van der Waals surface area contributed by atoms with Crippen LogP contribution in [0.1, 0.15) is 44.2 Å². The lowest BCUT2D eigenvalue weighted by molar-refractivity contribution is -0.122. The zero-order valence-corrected chi connectivity index (χ0v) is 13.0. The van der Waals surface area contributed by atoms with Gasteiger partial charge in [0, 0.05) is 24.5 Å². The van der Waals surface area contributed by atoms with Crippen LogP contribution in [0, 0.1) is 12.8 Å². The first kappa shape index (κ1) is 15.0. The quantitative estimate of drug-likeness (QED) is 0.810. The Morgan fingerprint density at radius 1 is 1.25 bits per heavy atom. The summed E-state index contributed by atoms with van der Waals surface area (Å²) in [4.78, 5) is 12.1. The van der Waals surface area contributed by atoms with Gasteiger partial charge in [-0.2, -0.15) is 0 Å². The summed E-state index contributed by atoms with van der Waals surface area (Å²) in [5, 5.41) is 6.41. The van der Waals surface area contributed by atoms with Crippen molar-refractivity contribution in [2.24, 2.45) is 5.92 Å². The van der Waals surface area contributed by atoms with Crippen molar-refractivity contribution < 1.29 is 4.79 Å². The zero-order valence-electron chi connectivity index (χ0n) is 13.0. The summed E-state index contributed by atoms with van der Waals surface area (Å²) < 4.78 is 0. The minimum atomic E-state index is 0.105. The molecule has 2 N–H and O–H groups in total. The number of carbonyl (C=O) groups excluding carboxylic acids is 1. The molecule has 0 saturated heterocycles. The maximum atomic E-state index is 12.1. The average molecular weight is 274 g/mol. The van der Waals surface area contributed by atoms with Crippen molar-refractivity contribution >= 4 is 5.91 Å². The molecule has 0 spiro atoms. The normalized spacial score (nSPS) is 21.6. The van der Waals surface area contributed by atoms with E-state index >= 15 is 0 Å². The Bertz CT molecular complexity index is 476. The molecule has 2 rings (SSSR count). The van der Waals surface area contributed by atoms with Gasteiger partial charge in [0.1, 0.15) is 0 Å². The molecule has 1 aliphatic carbocycles. The lowest BCUT2D eigenvalue weighted by Gasteiger charge is -2.20. The Kier molecular flexibility index (Phi) is 4.48. The number of rotatable bonds is 5. The summed E-state index contributed by atoms with van der Waals surface area (Å²) in [6, 6.07) is 8.38. The van der Waals surface area contributed by atoms with E-state index in [2.05, 4.69) is 62.6 Å². The molecular weight excluding hydrogens is 248 g/mol. The maximum absolute atomic E-state index is 12.1. The number of hydrogen-bond donors (Lipinski definition) is 2. The van der Waals surface area contributed by atoms with Gasteiger partial charge >= 0.3 is 0 Å². The topological polar surface area (TPSA) is 41.1 Å². The van der Waals surface area contributed by atoms with E-state index in [4.69, 9.17) is 0 Å². The average Bonchev–Trinajstić information content (AvgIpc) is 3.14. The highest BCUT2D eigenvalue weighted by Crippen LogP contribution is 2.48. The molecular formula is C17H26N2O. The molecule has 3 nitrogen and oxygen atoms in total. The first-order valence-electron chi connectivity index (χ1n) is 7.47. The molecule has 1 fully saturated rings. The monoisotopic (exact) mass is 274 g/mol. The predicted molar refractivity (Wildman–Crippen MR) is 82.8 cm³/mol. The van der Waals surface area contributed by atoms with Gasteiger partial charge in [0.25, 0.3) is 0 Å². The molecule has 1 aromatic rings. The van der Waals surface area contributed by atoms with Crippen LogP contribution in [-0.2, 0) is 4.79 Å². The van der Waals surface area contributed by atoms with Crippen LogP contribution in [-0.4, -0.2) is 24.5 Å². The first-order valence-corrected chi connectivity index (χ1v) is 7.47. The van der Waals surface area contributed by atoms with Crippen molar-refractivity contribution in [1.29, 1.82) is 0 Å². The summed E-state index contributed by atoms with van der Waals surface area (Å²) in [5.74, 6) is 0.798.